The minimum atomic E-state index is -3.38. The second-order valence-electron chi connectivity index (χ2n) is 6.84. The summed E-state index contributed by atoms with van der Waals surface area (Å²) in [6, 6.07) is 7.78. The molecule has 1 aromatic carbocycles. The normalized spacial score (nSPS) is 16.3. The molecule has 0 atom stereocenters. The molecule has 27 heavy (non-hydrogen) atoms. The summed E-state index contributed by atoms with van der Waals surface area (Å²) in [7, 11) is -1.74. The largest absolute Gasteiger partial charge is 0.497 e. The number of hydrogen-bond acceptors (Lipinski definition) is 7. The first-order valence-electron chi connectivity index (χ1n) is 8.85. The van der Waals surface area contributed by atoms with E-state index in [9.17, 15) is 8.42 Å². The van der Waals surface area contributed by atoms with Crippen LogP contribution in [0.4, 0.5) is 5.82 Å². The lowest BCUT2D eigenvalue weighted by atomic mass is 9.98. The number of rotatable bonds is 5. The molecule has 0 saturated carbocycles. The molecule has 0 amide bonds. The second-order valence-corrected chi connectivity index (χ2v) is 8.49. The molecule has 0 N–H and O–H groups in total. The third kappa shape index (κ3) is 3.84. The summed E-state index contributed by atoms with van der Waals surface area (Å²) in [6.07, 6.45) is 4.82. The maximum Gasteiger partial charge on any atom is 0.264 e. The number of benzene rings is 1. The molecule has 1 saturated heterocycles. The van der Waals surface area contributed by atoms with E-state index in [0.717, 1.165) is 54.8 Å². The third-order valence-electron chi connectivity index (χ3n) is 4.92. The molecule has 0 bridgehead atoms. The molecule has 8 nitrogen and oxygen atoms in total. The van der Waals surface area contributed by atoms with Crippen molar-refractivity contribution in [3.8, 4) is 5.75 Å². The van der Waals surface area contributed by atoms with E-state index >= 15 is 0 Å². The third-order valence-corrected chi connectivity index (χ3v) is 5.49. The molecule has 0 radical (unpaired) electrons. The first-order chi connectivity index (χ1) is 12.9. The van der Waals surface area contributed by atoms with Crippen LogP contribution in [0, 0.1) is 5.92 Å². The van der Waals surface area contributed by atoms with Gasteiger partial charge >= 0.3 is 0 Å². The van der Waals surface area contributed by atoms with Crippen LogP contribution in [0.1, 0.15) is 12.8 Å². The Balaban J connectivity index is 1.50. The van der Waals surface area contributed by atoms with Gasteiger partial charge in [-0.15, -0.1) is 0 Å². The van der Waals surface area contributed by atoms with E-state index in [4.69, 9.17) is 13.9 Å². The Labute approximate surface area is 157 Å². The van der Waals surface area contributed by atoms with Gasteiger partial charge in [-0.05, 0) is 37.0 Å². The van der Waals surface area contributed by atoms with Gasteiger partial charge in [-0.2, -0.15) is 13.4 Å². The van der Waals surface area contributed by atoms with Crippen molar-refractivity contribution in [3.05, 3.63) is 30.5 Å². The van der Waals surface area contributed by atoms with Crippen LogP contribution >= 0.6 is 0 Å². The van der Waals surface area contributed by atoms with Crippen LogP contribution in [0.15, 0.2) is 30.5 Å². The van der Waals surface area contributed by atoms with E-state index in [1.165, 1.54) is 0 Å². The number of nitrogens with zero attached hydrogens (tertiary/aromatic N) is 4. The average Bonchev–Trinajstić information content (AvgIpc) is 3.02. The van der Waals surface area contributed by atoms with Gasteiger partial charge < -0.3 is 9.64 Å². The summed E-state index contributed by atoms with van der Waals surface area (Å²) < 4.78 is 34.4. The maximum absolute atomic E-state index is 11.1. The van der Waals surface area contributed by atoms with Crippen molar-refractivity contribution < 1.29 is 17.3 Å². The van der Waals surface area contributed by atoms with Crippen LogP contribution in [0.2, 0.25) is 0 Å². The molecule has 1 aliphatic rings. The van der Waals surface area contributed by atoms with E-state index < -0.39 is 10.1 Å². The van der Waals surface area contributed by atoms with Crippen LogP contribution in [0.5, 0.6) is 5.75 Å². The molecule has 1 aliphatic heterocycles. The molecule has 2 aromatic heterocycles. The van der Waals surface area contributed by atoms with Gasteiger partial charge in [0.15, 0.2) is 0 Å². The SMILES string of the molecule is COc1ccc2c(c1)nc1nc(N3CCC(COS(C)(=O)=O)CC3)ccn12. The van der Waals surface area contributed by atoms with Crippen molar-refractivity contribution in [1.82, 2.24) is 14.4 Å². The van der Waals surface area contributed by atoms with Crippen molar-refractivity contribution in [1.29, 1.82) is 0 Å². The highest BCUT2D eigenvalue weighted by atomic mass is 32.2. The van der Waals surface area contributed by atoms with E-state index in [1.807, 2.05) is 34.9 Å². The number of methoxy groups -OCH3 is 1. The minimum Gasteiger partial charge on any atom is -0.497 e. The maximum atomic E-state index is 11.1. The summed E-state index contributed by atoms with van der Waals surface area (Å²) >= 11 is 0. The predicted molar refractivity (Wildman–Crippen MR) is 103 cm³/mol. The molecule has 4 rings (SSSR count). The molecule has 3 heterocycles. The van der Waals surface area contributed by atoms with Gasteiger partial charge in [0, 0.05) is 25.4 Å². The van der Waals surface area contributed by atoms with Crippen LogP contribution in [0.25, 0.3) is 16.8 Å². The van der Waals surface area contributed by atoms with Gasteiger partial charge in [-0.25, -0.2) is 4.98 Å². The van der Waals surface area contributed by atoms with Gasteiger partial charge in [-0.3, -0.25) is 8.58 Å². The van der Waals surface area contributed by atoms with Gasteiger partial charge in [0.05, 0.1) is 31.0 Å². The Hall–Kier alpha value is -2.39. The molecular formula is C18H22N4O4S. The Kier molecular flexibility index (Phi) is 4.65. The van der Waals surface area contributed by atoms with Gasteiger partial charge in [0.1, 0.15) is 11.6 Å². The van der Waals surface area contributed by atoms with E-state index in [2.05, 4.69) is 9.88 Å². The highest BCUT2D eigenvalue weighted by Gasteiger charge is 2.22. The zero-order valence-corrected chi connectivity index (χ0v) is 16.1. The highest BCUT2D eigenvalue weighted by Crippen LogP contribution is 2.25. The lowest BCUT2D eigenvalue weighted by Gasteiger charge is -2.32. The number of imidazole rings is 1. The number of fused-ring (bicyclic) bond motifs is 3. The predicted octanol–water partition coefficient (Wildman–Crippen LogP) is 2.08. The lowest BCUT2D eigenvalue weighted by Crippen LogP contribution is -2.36. The van der Waals surface area contributed by atoms with E-state index in [-0.39, 0.29) is 12.5 Å². The van der Waals surface area contributed by atoms with Gasteiger partial charge in [-0.1, -0.05) is 0 Å². The fourth-order valence-corrected chi connectivity index (χ4v) is 3.86. The van der Waals surface area contributed by atoms with Crippen molar-refractivity contribution in [2.75, 3.05) is 38.0 Å². The standard InChI is InChI=1S/C18H22N4O4S/c1-25-14-3-4-16-15(11-14)19-18-20-17(7-10-22(16)18)21-8-5-13(6-9-21)12-26-27(2,23)24/h3-4,7,10-11,13H,5-6,8-9,12H2,1-2H3. The molecule has 0 spiro atoms. The van der Waals surface area contributed by atoms with Crippen molar-refractivity contribution in [2.24, 2.45) is 5.92 Å². The van der Waals surface area contributed by atoms with Crippen molar-refractivity contribution in [3.63, 3.8) is 0 Å². The zero-order chi connectivity index (χ0) is 19.0. The Morgan fingerprint density at radius 2 is 1.96 bits per heavy atom. The molecule has 0 aliphatic carbocycles. The second kappa shape index (κ2) is 6.97. The lowest BCUT2D eigenvalue weighted by molar-refractivity contribution is 0.229. The topological polar surface area (TPSA) is 86.0 Å². The number of hydrogen-bond donors (Lipinski definition) is 0. The smallest absolute Gasteiger partial charge is 0.264 e. The van der Waals surface area contributed by atoms with Crippen molar-refractivity contribution >= 4 is 32.7 Å². The molecule has 3 aromatic rings. The molecule has 9 heteroatoms. The van der Waals surface area contributed by atoms with Crippen molar-refractivity contribution in [2.45, 2.75) is 12.8 Å². The number of piperidine rings is 1. The first kappa shape index (κ1) is 18.0. The summed E-state index contributed by atoms with van der Waals surface area (Å²) in [5.74, 6) is 2.55. The number of ether oxygens (including phenoxy) is 1. The van der Waals surface area contributed by atoms with Gasteiger partial charge in [0.25, 0.3) is 10.1 Å². The zero-order valence-electron chi connectivity index (χ0n) is 15.3. The first-order valence-corrected chi connectivity index (χ1v) is 10.7. The highest BCUT2D eigenvalue weighted by molar-refractivity contribution is 7.85. The van der Waals surface area contributed by atoms with E-state index in [0.29, 0.717) is 5.78 Å². The number of anilines is 1. The number of aromatic nitrogens is 3. The van der Waals surface area contributed by atoms with Gasteiger partial charge in [0.2, 0.25) is 5.78 Å². The summed E-state index contributed by atoms with van der Waals surface area (Å²) in [5.41, 5.74) is 1.83. The minimum absolute atomic E-state index is 0.251. The fraction of sp³-hybridized carbons (Fsp3) is 0.444. The molecule has 0 unspecified atom stereocenters. The van der Waals surface area contributed by atoms with Crippen LogP contribution in [-0.4, -0.2) is 55.8 Å². The molecule has 144 valence electrons. The van der Waals surface area contributed by atoms with Crippen LogP contribution in [0.3, 0.4) is 0 Å². The van der Waals surface area contributed by atoms with Crippen LogP contribution < -0.4 is 9.64 Å². The average molecular weight is 390 g/mol. The fourth-order valence-electron chi connectivity index (χ4n) is 3.42. The van der Waals surface area contributed by atoms with E-state index in [1.54, 1.807) is 7.11 Å². The Morgan fingerprint density at radius 1 is 1.19 bits per heavy atom. The molecular weight excluding hydrogens is 368 g/mol. The quantitative estimate of drug-likeness (QED) is 0.617. The summed E-state index contributed by atoms with van der Waals surface area (Å²) in [5, 5.41) is 0. The Bertz CT molecular complexity index is 1070. The Morgan fingerprint density at radius 3 is 2.67 bits per heavy atom. The monoisotopic (exact) mass is 390 g/mol. The summed E-state index contributed by atoms with van der Waals surface area (Å²) in [4.78, 5) is 11.5. The molecule has 1 fully saturated rings. The van der Waals surface area contributed by atoms with Crippen LogP contribution in [-0.2, 0) is 14.3 Å². The summed E-state index contributed by atoms with van der Waals surface area (Å²) in [6.45, 7) is 1.89.